The van der Waals surface area contributed by atoms with Gasteiger partial charge in [0.15, 0.2) is 0 Å². The number of carbonyl (C=O) groups excluding carboxylic acids is 2. The van der Waals surface area contributed by atoms with E-state index in [1.807, 2.05) is 20.8 Å². The van der Waals surface area contributed by atoms with Gasteiger partial charge in [0.1, 0.15) is 16.9 Å². The van der Waals surface area contributed by atoms with Gasteiger partial charge < -0.3 is 10.5 Å². The molecule has 0 spiro atoms. The van der Waals surface area contributed by atoms with Crippen molar-refractivity contribution in [2.75, 3.05) is 0 Å². The first-order valence-electron chi connectivity index (χ1n) is 5.27. The summed E-state index contributed by atoms with van der Waals surface area (Å²) in [6, 6.07) is 0. The van der Waals surface area contributed by atoms with Crippen LogP contribution in [-0.2, 0) is 14.3 Å². The minimum absolute atomic E-state index is 0.180. The van der Waals surface area contributed by atoms with Crippen LogP contribution in [0.1, 0.15) is 46.5 Å². The minimum atomic E-state index is -0.957. The number of carbonyl (C=O) groups is 2. The third-order valence-electron chi connectivity index (χ3n) is 2.51. The van der Waals surface area contributed by atoms with Crippen LogP contribution >= 0.6 is 0 Å². The standard InChI is InChI=1S/C11H19NO3/c1-10(2,3)15-9(14)11(12)6-4-8(13)5-7-11/h4-7,12H2,1-3H3. The van der Waals surface area contributed by atoms with E-state index in [1.54, 1.807) is 0 Å². The molecule has 0 aromatic heterocycles. The molecule has 15 heavy (non-hydrogen) atoms. The summed E-state index contributed by atoms with van der Waals surface area (Å²) in [4.78, 5) is 22.8. The third-order valence-corrected chi connectivity index (χ3v) is 2.51. The number of Topliss-reactive ketones (excluding diaryl/α,β-unsaturated/α-hetero) is 1. The highest BCUT2D eigenvalue weighted by atomic mass is 16.6. The Kier molecular flexibility index (Phi) is 3.19. The molecule has 0 aromatic carbocycles. The Labute approximate surface area is 90.2 Å². The Hall–Kier alpha value is -0.900. The van der Waals surface area contributed by atoms with Crippen LogP contribution in [0, 0.1) is 0 Å². The molecule has 0 unspecified atom stereocenters. The minimum Gasteiger partial charge on any atom is -0.459 e. The van der Waals surface area contributed by atoms with Gasteiger partial charge in [-0.25, -0.2) is 0 Å². The van der Waals surface area contributed by atoms with Crippen molar-refractivity contribution in [2.45, 2.75) is 57.6 Å². The van der Waals surface area contributed by atoms with E-state index in [1.165, 1.54) is 0 Å². The molecule has 0 aromatic rings. The van der Waals surface area contributed by atoms with Crippen LogP contribution in [0.5, 0.6) is 0 Å². The Morgan fingerprint density at radius 1 is 1.33 bits per heavy atom. The van der Waals surface area contributed by atoms with E-state index in [0.29, 0.717) is 25.7 Å². The molecule has 1 aliphatic carbocycles. The van der Waals surface area contributed by atoms with Crippen LogP contribution < -0.4 is 5.73 Å². The number of hydrogen-bond acceptors (Lipinski definition) is 4. The summed E-state index contributed by atoms with van der Waals surface area (Å²) in [7, 11) is 0. The van der Waals surface area contributed by atoms with Gasteiger partial charge in [0.2, 0.25) is 0 Å². The van der Waals surface area contributed by atoms with Gasteiger partial charge in [0.05, 0.1) is 0 Å². The van der Waals surface area contributed by atoms with Gasteiger partial charge in [-0.05, 0) is 33.6 Å². The van der Waals surface area contributed by atoms with Crippen LogP contribution in [0.4, 0.5) is 0 Å². The zero-order chi connectivity index (χ0) is 11.7. The molecule has 1 aliphatic rings. The lowest BCUT2D eigenvalue weighted by molar-refractivity contribution is -0.163. The van der Waals surface area contributed by atoms with E-state index < -0.39 is 11.1 Å². The molecule has 2 N–H and O–H groups in total. The fourth-order valence-electron chi connectivity index (χ4n) is 1.56. The van der Waals surface area contributed by atoms with Crippen molar-refractivity contribution in [2.24, 2.45) is 5.73 Å². The third kappa shape index (κ3) is 3.30. The van der Waals surface area contributed by atoms with Gasteiger partial charge in [-0.1, -0.05) is 0 Å². The number of hydrogen-bond donors (Lipinski definition) is 1. The maximum atomic E-state index is 11.8. The fourth-order valence-corrected chi connectivity index (χ4v) is 1.56. The van der Waals surface area contributed by atoms with E-state index in [0.717, 1.165) is 0 Å². The Morgan fingerprint density at radius 2 is 1.80 bits per heavy atom. The summed E-state index contributed by atoms with van der Waals surface area (Å²) in [6.07, 6.45) is 1.58. The lowest BCUT2D eigenvalue weighted by atomic mass is 9.82. The first kappa shape index (κ1) is 12.2. The molecule has 0 bridgehead atoms. The smallest absolute Gasteiger partial charge is 0.326 e. The quantitative estimate of drug-likeness (QED) is 0.664. The highest BCUT2D eigenvalue weighted by Gasteiger charge is 2.40. The van der Waals surface area contributed by atoms with Crippen molar-refractivity contribution in [3.8, 4) is 0 Å². The second-order valence-electron chi connectivity index (χ2n) is 5.20. The molecule has 4 heteroatoms. The summed E-state index contributed by atoms with van der Waals surface area (Å²) >= 11 is 0. The molecule has 1 saturated carbocycles. The molecular weight excluding hydrogens is 194 g/mol. The van der Waals surface area contributed by atoms with E-state index in [-0.39, 0.29) is 11.8 Å². The van der Waals surface area contributed by atoms with Crippen LogP contribution in [0.2, 0.25) is 0 Å². The maximum Gasteiger partial charge on any atom is 0.326 e. The lowest BCUT2D eigenvalue weighted by Gasteiger charge is -2.33. The average molecular weight is 213 g/mol. The molecule has 0 heterocycles. The SMILES string of the molecule is CC(C)(C)OC(=O)C1(N)CCC(=O)CC1. The lowest BCUT2D eigenvalue weighted by Crippen LogP contribution is -2.53. The van der Waals surface area contributed by atoms with Crippen molar-refractivity contribution in [3.63, 3.8) is 0 Å². The van der Waals surface area contributed by atoms with Crippen molar-refractivity contribution in [1.82, 2.24) is 0 Å². The van der Waals surface area contributed by atoms with E-state index >= 15 is 0 Å². The molecule has 0 amide bonds. The summed E-state index contributed by atoms with van der Waals surface area (Å²) < 4.78 is 5.24. The van der Waals surface area contributed by atoms with Gasteiger partial charge in [-0.3, -0.25) is 9.59 Å². The van der Waals surface area contributed by atoms with Gasteiger partial charge >= 0.3 is 5.97 Å². The summed E-state index contributed by atoms with van der Waals surface area (Å²) in [6.45, 7) is 5.42. The van der Waals surface area contributed by atoms with Crippen LogP contribution in [0.25, 0.3) is 0 Å². The second-order valence-corrected chi connectivity index (χ2v) is 5.20. The first-order chi connectivity index (χ1) is 6.73. The zero-order valence-corrected chi connectivity index (χ0v) is 9.63. The molecular formula is C11H19NO3. The zero-order valence-electron chi connectivity index (χ0n) is 9.63. The topological polar surface area (TPSA) is 69.4 Å². The van der Waals surface area contributed by atoms with Crippen molar-refractivity contribution in [3.05, 3.63) is 0 Å². The van der Waals surface area contributed by atoms with E-state index in [9.17, 15) is 9.59 Å². The van der Waals surface area contributed by atoms with Crippen molar-refractivity contribution < 1.29 is 14.3 Å². The molecule has 1 rings (SSSR count). The summed E-state index contributed by atoms with van der Waals surface area (Å²) in [5, 5.41) is 0. The molecule has 0 saturated heterocycles. The largest absolute Gasteiger partial charge is 0.459 e. The van der Waals surface area contributed by atoms with Crippen molar-refractivity contribution >= 4 is 11.8 Å². The maximum absolute atomic E-state index is 11.8. The predicted molar refractivity (Wildman–Crippen MR) is 56.2 cm³/mol. The number of rotatable bonds is 1. The van der Waals surface area contributed by atoms with Crippen LogP contribution in [0.15, 0.2) is 0 Å². The van der Waals surface area contributed by atoms with Crippen LogP contribution in [0.3, 0.4) is 0 Å². The highest BCUT2D eigenvalue weighted by molar-refractivity contribution is 5.86. The van der Waals surface area contributed by atoms with Crippen molar-refractivity contribution in [1.29, 1.82) is 0 Å². The number of ether oxygens (including phenoxy) is 1. The molecule has 0 atom stereocenters. The van der Waals surface area contributed by atoms with Gasteiger partial charge in [-0.2, -0.15) is 0 Å². The molecule has 0 aliphatic heterocycles. The number of nitrogens with two attached hydrogens (primary N) is 1. The first-order valence-corrected chi connectivity index (χ1v) is 5.27. The summed E-state index contributed by atoms with van der Waals surface area (Å²) in [5.41, 5.74) is 4.47. The van der Waals surface area contributed by atoms with Gasteiger partial charge in [0.25, 0.3) is 0 Å². The fraction of sp³-hybridized carbons (Fsp3) is 0.818. The Balaban J connectivity index is 2.62. The molecule has 0 radical (unpaired) electrons. The van der Waals surface area contributed by atoms with Crippen LogP contribution in [-0.4, -0.2) is 22.9 Å². The normalized spacial score (nSPS) is 21.2. The monoisotopic (exact) mass is 213 g/mol. The molecule has 86 valence electrons. The summed E-state index contributed by atoms with van der Waals surface area (Å²) in [5.74, 6) is -0.206. The van der Waals surface area contributed by atoms with E-state index in [4.69, 9.17) is 10.5 Å². The Bertz CT molecular complexity index is 268. The highest BCUT2D eigenvalue weighted by Crippen LogP contribution is 2.26. The second kappa shape index (κ2) is 3.93. The Morgan fingerprint density at radius 3 is 2.20 bits per heavy atom. The molecule has 1 fully saturated rings. The van der Waals surface area contributed by atoms with Gasteiger partial charge in [-0.15, -0.1) is 0 Å². The number of esters is 1. The molecule has 4 nitrogen and oxygen atoms in total. The van der Waals surface area contributed by atoms with E-state index in [2.05, 4.69) is 0 Å². The average Bonchev–Trinajstić information content (AvgIpc) is 2.07. The number of ketones is 1. The predicted octanol–water partition coefficient (Wildman–Crippen LogP) is 1.17. The van der Waals surface area contributed by atoms with Gasteiger partial charge in [0, 0.05) is 12.8 Å².